The van der Waals surface area contributed by atoms with Crippen LogP contribution in [0.25, 0.3) is 0 Å². The van der Waals surface area contributed by atoms with Crippen LogP contribution >= 0.6 is 0 Å². The number of nitrogens with zero attached hydrogens (tertiary/aromatic N) is 1. The van der Waals surface area contributed by atoms with E-state index in [2.05, 4.69) is 4.99 Å². The summed E-state index contributed by atoms with van der Waals surface area (Å²) in [5.74, 6) is 0.644. The van der Waals surface area contributed by atoms with E-state index in [0.717, 1.165) is 17.0 Å². The lowest BCUT2D eigenvalue weighted by atomic mass is 10.2. The average molecular weight is 343 g/mol. The van der Waals surface area contributed by atoms with Crippen molar-refractivity contribution in [3.8, 4) is 17.2 Å². The van der Waals surface area contributed by atoms with E-state index in [4.69, 9.17) is 19.3 Å². The first kappa shape index (κ1) is 18.3. The van der Waals surface area contributed by atoms with Gasteiger partial charge in [0.15, 0.2) is 18.1 Å². The van der Waals surface area contributed by atoms with Crippen LogP contribution in [0, 0.1) is 0 Å². The monoisotopic (exact) mass is 343 g/mol. The summed E-state index contributed by atoms with van der Waals surface area (Å²) in [6.45, 7) is 4.44. The molecule has 0 saturated heterocycles. The molecule has 0 bridgehead atoms. The molecule has 0 aliphatic carbocycles. The summed E-state index contributed by atoms with van der Waals surface area (Å²) in [6, 6.07) is 12.7. The van der Waals surface area contributed by atoms with Crippen molar-refractivity contribution in [2.24, 2.45) is 4.99 Å². The molecule has 6 heteroatoms. The highest BCUT2D eigenvalue weighted by Gasteiger charge is 2.08. The molecule has 25 heavy (non-hydrogen) atoms. The molecule has 0 atom stereocenters. The van der Waals surface area contributed by atoms with Gasteiger partial charge in [0.1, 0.15) is 5.75 Å². The molecule has 2 rings (SSSR count). The molecule has 0 aliphatic heterocycles. The van der Waals surface area contributed by atoms with Crippen molar-refractivity contribution in [2.75, 3.05) is 19.8 Å². The van der Waals surface area contributed by atoms with Crippen molar-refractivity contribution in [1.82, 2.24) is 0 Å². The van der Waals surface area contributed by atoms with Gasteiger partial charge in [-0.25, -0.2) is 4.79 Å². The highest BCUT2D eigenvalue weighted by atomic mass is 16.5. The maximum absolute atomic E-state index is 10.6. The second kappa shape index (κ2) is 9.32. The molecule has 0 fully saturated rings. The van der Waals surface area contributed by atoms with Gasteiger partial charge in [0, 0.05) is 6.21 Å². The minimum absolute atomic E-state index is 0.391. The van der Waals surface area contributed by atoms with Crippen LogP contribution in [0.2, 0.25) is 0 Å². The number of carboxylic acid groups (broad SMARTS) is 1. The summed E-state index contributed by atoms with van der Waals surface area (Å²) in [5, 5.41) is 8.72. The van der Waals surface area contributed by atoms with Crippen molar-refractivity contribution >= 4 is 17.9 Å². The van der Waals surface area contributed by atoms with Crippen molar-refractivity contribution in [1.29, 1.82) is 0 Å². The predicted molar refractivity (Wildman–Crippen MR) is 95.6 cm³/mol. The number of carbonyl (C=O) groups is 1. The molecule has 0 unspecified atom stereocenters. The number of hydrogen-bond acceptors (Lipinski definition) is 5. The summed E-state index contributed by atoms with van der Waals surface area (Å²) in [6.07, 6.45) is 1.71. The largest absolute Gasteiger partial charge is 0.494 e. The second-order valence-electron chi connectivity index (χ2n) is 5.01. The van der Waals surface area contributed by atoms with Crippen molar-refractivity contribution in [3.05, 3.63) is 48.0 Å². The lowest BCUT2D eigenvalue weighted by Gasteiger charge is -2.11. The highest BCUT2D eigenvalue weighted by molar-refractivity contribution is 5.83. The van der Waals surface area contributed by atoms with E-state index in [1.165, 1.54) is 0 Å². The van der Waals surface area contributed by atoms with Gasteiger partial charge in [-0.2, -0.15) is 0 Å². The summed E-state index contributed by atoms with van der Waals surface area (Å²) in [7, 11) is 0. The van der Waals surface area contributed by atoms with E-state index in [-0.39, 0.29) is 0 Å². The standard InChI is InChI=1S/C19H21NO5/c1-3-23-16-8-6-15(7-9-16)20-12-14-5-10-17(25-13-19(21)22)18(11-14)24-4-2/h5-12H,3-4,13H2,1-2H3,(H,21,22). The summed E-state index contributed by atoms with van der Waals surface area (Å²) >= 11 is 0. The highest BCUT2D eigenvalue weighted by Crippen LogP contribution is 2.28. The van der Waals surface area contributed by atoms with Crippen LogP contribution in [0.15, 0.2) is 47.5 Å². The van der Waals surface area contributed by atoms with E-state index >= 15 is 0 Å². The van der Waals surface area contributed by atoms with Crippen molar-refractivity contribution < 1.29 is 24.1 Å². The molecule has 0 amide bonds. The number of benzene rings is 2. The molecule has 0 saturated carbocycles. The first-order valence-electron chi connectivity index (χ1n) is 8.00. The van der Waals surface area contributed by atoms with Crippen LogP contribution in [-0.2, 0) is 4.79 Å². The third-order valence-corrected chi connectivity index (χ3v) is 3.13. The van der Waals surface area contributed by atoms with Crippen LogP contribution in [0.1, 0.15) is 19.4 Å². The number of rotatable bonds is 9. The Morgan fingerprint density at radius 3 is 2.36 bits per heavy atom. The normalized spacial score (nSPS) is 10.6. The topological polar surface area (TPSA) is 77.4 Å². The Kier molecular flexibility index (Phi) is 6.83. The molecule has 0 radical (unpaired) electrons. The Hall–Kier alpha value is -3.02. The van der Waals surface area contributed by atoms with Crippen molar-refractivity contribution in [3.63, 3.8) is 0 Å². The maximum Gasteiger partial charge on any atom is 0.341 e. The summed E-state index contributed by atoms with van der Waals surface area (Å²) < 4.78 is 16.1. The van der Waals surface area contributed by atoms with Crippen LogP contribution in [-0.4, -0.2) is 37.1 Å². The molecule has 6 nitrogen and oxygen atoms in total. The lowest BCUT2D eigenvalue weighted by molar-refractivity contribution is -0.139. The molecule has 0 aromatic heterocycles. The van der Waals surface area contributed by atoms with Gasteiger partial charge in [-0.3, -0.25) is 4.99 Å². The van der Waals surface area contributed by atoms with E-state index in [9.17, 15) is 4.79 Å². The van der Waals surface area contributed by atoms with Crippen LogP contribution in [0.4, 0.5) is 5.69 Å². The predicted octanol–water partition coefficient (Wildman–Crippen LogP) is 3.70. The quantitative estimate of drug-likeness (QED) is 0.703. The SMILES string of the molecule is CCOc1ccc(N=Cc2ccc(OCC(=O)O)c(OCC)c2)cc1. The van der Waals surface area contributed by atoms with Gasteiger partial charge in [0.2, 0.25) is 0 Å². The van der Waals surface area contributed by atoms with E-state index in [0.29, 0.717) is 24.7 Å². The van der Waals surface area contributed by atoms with Gasteiger partial charge >= 0.3 is 5.97 Å². The van der Waals surface area contributed by atoms with E-state index in [1.807, 2.05) is 38.1 Å². The molecule has 0 heterocycles. The third kappa shape index (κ3) is 5.84. The Balaban J connectivity index is 2.12. The first-order valence-corrected chi connectivity index (χ1v) is 8.00. The second-order valence-corrected chi connectivity index (χ2v) is 5.01. The molecular formula is C19H21NO5. The zero-order valence-corrected chi connectivity index (χ0v) is 14.3. The Labute approximate surface area is 146 Å². The molecular weight excluding hydrogens is 322 g/mol. The Morgan fingerprint density at radius 1 is 1.00 bits per heavy atom. The zero-order valence-electron chi connectivity index (χ0n) is 14.3. The van der Waals surface area contributed by atoms with Crippen LogP contribution < -0.4 is 14.2 Å². The number of ether oxygens (including phenoxy) is 3. The number of aliphatic imine (C=N–C) groups is 1. The first-order chi connectivity index (χ1) is 12.1. The molecule has 132 valence electrons. The molecule has 1 N–H and O–H groups in total. The van der Waals surface area contributed by atoms with Gasteiger partial charge < -0.3 is 19.3 Å². The smallest absolute Gasteiger partial charge is 0.341 e. The Bertz CT molecular complexity index is 725. The number of aliphatic carboxylic acids is 1. The van der Waals surface area contributed by atoms with Crippen molar-refractivity contribution in [2.45, 2.75) is 13.8 Å². The molecule has 0 aliphatic rings. The molecule has 0 spiro atoms. The summed E-state index contributed by atoms with van der Waals surface area (Å²) in [5.41, 5.74) is 1.62. The molecule has 2 aromatic carbocycles. The summed E-state index contributed by atoms with van der Waals surface area (Å²) in [4.78, 5) is 15.0. The third-order valence-electron chi connectivity index (χ3n) is 3.13. The fourth-order valence-corrected chi connectivity index (χ4v) is 2.08. The maximum atomic E-state index is 10.6. The van der Waals surface area contributed by atoms with Gasteiger partial charge in [-0.1, -0.05) is 0 Å². The van der Waals surface area contributed by atoms with E-state index < -0.39 is 12.6 Å². The fourth-order valence-electron chi connectivity index (χ4n) is 2.08. The Morgan fingerprint density at radius 2 is 1.72 bits per heavy atom. The zero-order chi connectivity index (χ0) is 18.1. The van der Waals surface area contributed by atoms with Crippen LogP contribution in [0.3, 0.4) is 0 Å². The van der Waals surface area contributed by atoms with Gasteiger partial charge in [0.25, 0.3) is 0 Å². The number of carboxylic acids is 1. The van der Waals surface area contributed by atoms with Crippen LogP contribution in [0.5, 0.6) is 17.2 Å². The minimum Gasteiger partial charge on any atom is -0.494 e. The van der Waals surface area contributed by atoms with Gasteiger partial charge in [-0.15, -0.1) is 0 Å². The minimum atomic E-state index is -1.04. The fraction of sp³-hybridized carbons (Fsp3) is 0.263. The lowest BCUT2D eigenvalue weighted by Crippen LogP contribution is -2.10. The average Bonchev–Trinajstić information content (AvgIpc) is 2.61. The van der Waals surface area contributed by atoms with E-state index in [1.54, 1.807) is 24.4 Å². The van der Waals surface area contributed by atoms with Gasteiger partial charge in [0.05, 0.1) is 18.9 Å². The molecule has 2 aromatic rings. The number of hydrogen-bond donors (Lipinski definition) is 1. The van der Waals surface area contributed by atoms with Gasteiger partial charge in [-0.05, 0) is 61.9 Å².